The number of aryl methyl sites for hydroxylation is 1. The summed E-state index contributed by atoms with van der Waals surface area (Å²) in [6, 6.07) is 5.74. The summed E-state index contributed by atoms with van der Waals surface area (Å²) >= 11 is 0. The summed E-state index contributed by atoms with van der Waals surface area (Å²) in [4.78, 5) is 25.8. The highest BCUT2D eigenvalue weighted by molar-refractivity contribution is 5.99. The first-order valence-electron chi connectivity index (χ1n) is 7.27. The molecular formula is C16H22N2O2. The van der Waals surface area contributed by atoms with Crippen LogP contribution in [0, 0.1) is 0 Å². The third-order valence-corrected chi connectivity index (χ3v) is 3.41. The van der Waals surface area contributed by atoms with Gasteiger partial charge in [0.2, 0.25) is 5.91 Å². The molecule has 2 amide bonds. The van der Waals surface area contributed by atoms with Crippen LogP contribution in [0.1, 0.15) is 49.5 Å². The standard InChI is InChI=1S/C16H22N2O2/c1-4-9-18-14-7-5-13(16(20)17-11(2)3)10-12(14)6-8-15(18)19/h5,7,10-11H,4,6,8-9H2,1-3H3,(H,17,20). The van der Waals surface area contributed by atoms with Crippen LogP contribution < -0.4 is 10.2 Å². The lowest BCUT2D eigenvalue weighted by atomic mass is 9.98. The van der Waals surface area contributed by atoms with Gasteiger partial charge in [-0.2, -0.15) is 0 Å². The van der Waals surface area contributed by atoms with E-state index in [0.29, 0.717) is 12.0 Å². The number of hydrogen-bond acceptors (Lipinski definition) is 2. The fourth-order valence-electron chi connectivity index (χ4n) is 2.52. The molecule has 0 unspecified atom stereocenters. The van der Waals surface area contributed by atoms with Crippen molar-refractivity contribution in [3.05, 3.63) is 29.3 Å². The van der Waals surface area contributed by atoms with E-state index >= 15 is 0 Å². The number of fused-ring (bicyclic) bond motifs is 1. The zero-order chi connectivity index (χ0) is 14.7. The van der Waals surface area contributed by atoms with E-state index in [-0.39, 0.29) is 17.9 Å². The van der Waals surface area contributed by atoms with Crippen LogP contribution in [-0.4, -0.2) is 24.4 Å². The minimum Gasteiger partial charge on any atom is -0.350 e. The molecule has 0 radical (unpaired) electrons. The third kappa shape index (κ3) is 3.00. The van der Waals surface area contributed by atoms with E-state index < -0.39 is 0 Å². The number of rotatable bonds is 4. The van der Waals surface area contributed by atoms with E-state index in [4.69, 9.17) is 0 Å². The number of amides is 2. The van der Waals surface area contributed by atoms with Gasteiger partial charge in [-0.05, 0) is 50.5 Å². The molecule has 0 saturated heterocycles. The monoisotopic (exact) mass is 274 g/mol. The fraction of sp³-hybridized carbons (Fsp3) is 0.500. The lowest BCUT2D eigenvalue weighted by Gasteiger charge is -2.29. The number of carbonyl (C=O) groups excluding carboxylic acids is 2. The molecule has 4 nitrogen and oxygen atoms in total. The minimum atomic E-state index is -0.0539. The predicted molar refractivity (Wildman–Crippen MR) is 80.0 cm³/mol. The Morgan fingerprint density at radius 1 is 1.35 bits per heavy atom. The summed E-state index contributed by atoms with van der Waals surface area (Å²) in [5.74, 6) is 0.125. The number of nitrogens with zero attached hydrogens (tertiary/aromatic N) is 1. The van der Waals surface area contributed by atoms with Crippen LogP contribution in [0.15, 0.2) is 18.2 Å². The first kappa shape index (κ1) is 14.6. The first-order chi connectivity index (χ1) is 9.52. The lowest BCUT2D eigenvalue weighted by molar-refractivity contribution is -0.118. The van der Waals surface area contributed by atoms with Crippen molar-refractivity contribution in [3.8, 4) is 0 Å². The maximum Gasteiger partial charge on any atom is 0.251 e. The normalized spacial score (nSPS) is 14.4. The molecule has 0 fully saturated rings. The highest BCUT2D eigenvalue weighted by Gasteiger charge is 2.24. The van der Waals surface area contributed by atoms with Crippen LogP contribution in [0.4, 0.5) is 5.69 Å². The van der Waals surface area contributed by atoms with Gasteiger partial charge < -0.3 is 10.2 Å². The second-order valence-corrected chi connectivity index (χ2v) is 5.52. The molecule has 0 aliphatic carbocycles. The van der Waals surface area contributed by atoms with Gasteiger partial charge in [-0.25, -0.2) is 0 Å². The Balaban J connectivity index is 2.28. The van der Waals surface area contributed by atoms with Crippen molar-refractivity contribution >= 4 is 17.5 Å². The van der Waals surface area contributed by atoms with Crippen LogP contribution in [0.5, 0.6) is 0 Å². The Morgan fingerprint density at radius 2 is 2.10 bits per heavy atom. The smallest absolute Gasteiger partial charge is 0.251 e. The van der Waals surface area contributed by atoms with Gasteiger partial charge in [0.05, 0.1) is 0 Å². The van der Waals surface area contributed by atoms with Gasteiger partial charge >= 0.3 is 0 Å². The van der Waals surface area contributed by atoms with Gasteiger partial charge in [-0.1, -0.05) is 6.92 Å². The molecule has 1 aliphatic rings. The molecule has 1 aliphatic heterocycles. The van der Waals surface area contributed by atoms with Crippen molar-refractivity contribution < 1.29 is 9.59 Å². The Bertz CT molecular complexity index is 523. The average Bonchev–Trinajstić information content (AvgIpc) is 2.41. The first-order valence-corrected chi connectivity index (χ1v) is 7.27. The molecule has 0 atom stereocenters. The Morgan fingerprint density at radius 3 is 2.75 bits per heavy atom. The number of carbonyl (C=O) groups is 2. The van der Waals surface area contributed by atoms with E-state index in [1.165, 1.54) is 0 Å². The molecule has 0 bridgehead atoms. The van der Waals surface area contributed by atoms with Gasteiger partial charge in [0.25, 0.3) is 5.91 Å². The molecule has 1 aromatic carbocycles. The molecule has 20 heavy (non-hydrogen) atoms. The van der Waals surface area contributed by atoms with E-state index in [0.717, 1.165) is 30.6 Å². The maximum absolute atomic E-state index is 12.0. The molecule has 4 heteroatoms. The van der Waals surface area contributed by atoms with Crippen molar-refractivity contribution in [1.29, 1.82) is 0 Å². The molecule has 1 heterocycles. The maximum atomic E-state index is 12.0. The van der Waals surface area contributed by atoms with Gasteiger partial charge in [0, 0.05) is 30.3 Å². The van der Waals surface area contributed by atoms with Crippen molar-refractivity contribution in [3.63, 3.8) is 0 Å². The Kier molecular flexibility index (Phi) is 4.42. The van der Waals surface area contributed by atoms with Crippen molar-refractivity contribution in [2.75, 3.05) is 11.4 Å². The molecule has 2 rings (SSSR count). The topological polar surface area (TPSA) is 49.4 Å². The zero-order valence-electron chi connectivity index (χ0n) is 12.4. The predicted octanol–water partition coefficient (Wildman–Crippen LogP) is 2.51. The SMILES string of the molecule is CCCN1C(=O)CCc2cc(C(=O)NC(C)C)ccc21. The van der Waals surface area contributed by atoms with E-state index in [1.807, 2.05) is 30.9 Å². The summed E-state index contributed by atoms with van der Waals surface area (Å²) in [5, 5.41) is 2.89. The number of hydrogen-bond donors (Lipinski definition) is 1. The van der Waals surface area contributed by atoms with Crippen LogP contribution in [-0.2, 0) is 11.2 Å². The summed E-state index contributed by atoms with van der Waals surface area (Å²) in [6.07, 6.45) is 2.18. The molecule has 0 aromatic heterocycles. The number of benzene rings is 1. The van der Waals surface area contributed by atoms with Crippen molar-refractivity contribution in [1.82, 2.24) is 5.32 Å². The van der Waals surface area contributed by atoms with E-state index in [9.17, 15) is 9.59 Å². The fourth-order valence-corrected chi connectivity index (χ4v) is 2.52. The highest BCUT2D eigenvalue weighted by Crippen LogP contribution is 2.28. The second kappa shape index (κ2) is 6.07. The lowest BCUT2D eigenvalue weighted by Crippen LogP contribution is -2.36. The largest absolute Gasteiger partial charge is 0.350 e. The van der Waals surface area contributed by atoms with Crippen molar-refractivity contribution in [2.24, 2.45) is 0 Å². The molecule has 1 aromatic rings. The summed E-state index contributed by atoms with van der Waals surface area (Å²) in [6.45, 7) is 6.69. The quantitative estimate of drug-likeness (QED) is 0.917. The van der Waals surface area contributed by atoms with Gasteiger partial charge in [0.15, 0.2) is 0 Å². The zero-order valence-corrected chi connectivity index (χ0v) is 12.4. The number of nitrogens with one attached hydrogen (secondary N) is 1. The minimum absolute atomic E-state index is 0.0539. The van der Waals surface area contributed by atoms with Crippen LogP contribution in [0.25, 0.3) is 0 Å². The Labute approximate surface area is 120 Å². The highest BCUT2D eigenvalue weighted by atomic mass is 16.2. The molecule has 1 N–H and O–H groups in total. The van der Waals surface area contributed by atoms with Crippen molar-refractivity contribution in [2.45, 2.75) is 46.1 Å². The average molecular weight is 274 g/mol. The van der Waals surface area contributed by atoms with Gasteiger partial charge in [0.1, 0.15) is 0 Å². The van der Waals surface area contributed by atoms with Crippen LogP contribution >= 0.6 is 0 Å². The summed E-state index contributed by atoms with van der Waals surface area (Å²) in [7, 11) is 0. The molecule has 0 saturated carbocycles. The molecule has 108 valence electrons. The van der Waals surface area contributed by atoms with Crippen LogP contribution in [0.2, 0.25) is 0 Å². The summed E-state index contributed by atoms with van der Waals surface area (Å²) < 4.78 is 0. The molecular weight excluding hydrogens is 252 g/mol. The van der Waals surface area contributed by atoms with E-state index in [1.54, 1.807) is 6.07 Å². The van der Waals surface area contributed by atoms with Gasteiger partial charge in [-0.15, -0.1) is 0 Å². The second-order valence-electron chi connectivity index (χ2n) is 5.52. The van der Waals surface area contributed by atoms with Gasteiger partial charge in [-0.3, -0.25) is 9.59 Å². The summed E-state index contributed by atoms with van der Waals surface area (Å²) in [5.41, 5.74) is 2.72. The molecule has 0 spiro atoms. The van der Waals surface area contributed by atoms with E-state index in [2.05, 4.69) is 12.2 Å². The van der Waals surface area contributed by atoms with Crippen LogP contribution in [0.3, 0.4) is 0 Å². The number of anilines is 1. The third-order valence-electron chi connectivity index (χ3n) is 3.41. The Hall–Kier alpha value is -1.84.